The summed E-state index contributed by atoms with van der Waals surface area (Å²) in [4.78, 5) is 2.46. The Morgan fingerprint density at radius 3 is 2.91 bits per heavy atom. The Balaban J connectivity index is 2.17. The first-order valence-electron chi connectivity index (χ1n) is 4.23. The zero-order valence-electron chi connectivity index (χ0n) is 7.42. The third-order valence-electron chi connectivity index (χ3n) is 2.23. The van der Waals surface area contributed by atoms with Crippen molar-refractivity contribution in [2.75, 3.05) is 25.9 Å². The van der Waals surface area contributed by atoms with Crippen LogP contribution >= 0.6 is 11.8 Å². The maximum absolute atomic E-state index is 5.79. The highest BCUT2D eigenvalue weighted by Crippen LogP contribution is 2.12. The Kier molecular flexibility index (Phi) is 3.69. The van der Waals surface area contributed by atoms with E-state index in [0.717, 1.165) is 11.8 Å². The van der Waals surface area contributed by atoms with Crippen molar-refractivity contribution in [3.8, 4) is 0 Å². The SMILES string of the molecule is CSC(C)CN1CCC(N)C1. The van der Waals surface area contributed by atoms with E-state index >= 15 is 0 Å². The van der Waals surface area contributed by atoms with Crippen LogP contribution in [-0.2, 0) is 0 Å². The summed E-state index contributed by atoms with van der Waals surface area (Å²) in [7, 11) is 0. The highest BCUT2D eigenvalue weighted by molar-refractivity contribution is 7.99. The van der Waals surface area contributed by atoms with Crippen molar-refractivity contribution in [1.82, 2.24) is 4.90 Å². The van der Waals surface area contributed by atoms with Gasteiger partial charge in [-0.2, -0.15) is 11.8 Å². The molecule has 0 spiro atoms. The molecule has 0 radical (unpaired) electrons. The van der Waals surface area contributed by atoms with Gasteiger partial charge in [0.05, 0.1) is 0 Å². The third kappa shape index (κ3) is 3.01. The van der Waals surface area contributed by atoms with Crippen LogP contribution in [0.5, 0.6) is 0 Å². The van der Waals surface area contributed by atoms with E-state index in [1.54, 1.807) is 0 Å². The van der Waals surface area contributed by atoms with Crippen LogP contribution in [0.1, 0.15) is 13.3 Å². The predicted molar refractivity (Wildman–Crippen MR) is 52.0 cm³/mol. The summed E-state index contributed by atoms with van der Waals surface area (Å²) < 4.78 is 0. The van der Waals surface area contributed by atoms with Gasteiger partial charge in [-0.3, -0.25) is 0 Å². The lowest BCUT2D eigenvalue weighted by Crippen LogP contribution is -2.30. The summed E-state index contributed by atoms with van der Waals surface area (Å²) in [6, 6.07) is 0.434. The van der Waals surface area contributed by atoms with E-state index in [1.807, 2.05) is 11.8 Å². The van der Waals surface area contributed by atoms with Crippen LogP contribution in [0.15, 0.2) is 0 Å². The minimum Gasteiger partial charge on any atom is -0.326 e. The van der Waals surface area contributed by atoms with E-state index in [4.69, 9.17) is 5.73 Å². The van der Waals surface area contributed by atoms with Gasteiger partial charge < -0.3 is 10.6 Å². The molecule has 1 aliphatic rings. The lowest BCUT2D eigenvalue weighted by Gasteiger charge is -2.18. The summed E-state index contributed by atoms with van der Waals surface area (Å²) in [6.45, 7) is 5.78. The number of hydrogen-bond acceptors (Lipinski definition) is 3. The van der Waals surface area contributed by atoms with Gasteiger partial charge in [-0.1, -0.05) is 6.92 Å². The molecule has 1 aliphatic heterocycles. The number of likely N-dealkylation sites (tertiary alicyclic amines) is 1. The smallest absolute Gasteiger partial charge is 0.0180 e. The van der Waals surface area contributed by atoms with Crippen LogP contribution in [0.25, 0.3) is 0 Å². The van der Waals surface area contributed by atoms with Crippen molar-refractivity contribution < 1.29 is 0 Å². The van der Waals surface area contributed by atoms with E-state index in [1.165, 1.54) is 19.5 Å². The molecule has 0 saturated carbocycles. The topological polar surface area (TPSA) is 29.3 Å². The second-order valence-electron chi connectivity index (χ2n) is 3.35. The number of nitrogens with zero attached hydrogens (tertiary/aromatic N) is 1. The van der Waals surface area contributed by atoms with Gasteiger partial charge in [0.1, 0.15) is 0 Å². The summed E-state index contributed by atoms with van der Waals surface area (Å²) >= 11 is 1.93. The lowest BCUT2D eigenvalue weighted by molar-refractivity contribution is 0.339. The van der Waals surface area contributed by atoms with Crippen molar-refractivity contribution in [2.24, 2.45) is 5.73 Å². The number of hydrogen-bond donors (Lipinski definition) is 1. The Morgan fingerprint density at radius 1 is 1.73 bits per heavy atom. The molecule has 2 unspecified atom stereocenters. The van der Waals surface area contributed by atoms with Crippen molar-refractivity contribution in [3.05, 3.63) is 0 Å². The fourth-order valence-electron chi connectivity index (χ4n) is 1.47. The molecule has 1 heterocycles. The highest BCUT2D eigenvalue weighted by Gasteiger charge is 2.19. The highest BCUT2D eigenvalue weighted by atomic mass is 32.2. The third-order valence-corrected chi connectivity index (χ3v) is 3.18. The molecule has 11 heavy (non-hydrogen) atoms. The van der Waals surface area contributed by atoms with Crippen molar-refractivity contribution >= 4 is 11.8 Å². The maximum Gasteiger partial charge on any atom is 0.0180 e. The minimum absolute atomic E-state index is 0.434. The van der Waals surface area contributed by atoms with E-state index in [0.29, 0.717) is 6.04 Å². The normalized spacial score (nSPS) is 29.2. The number of rotatable bonds is 3. The number of thioether (sulfide) groups is 1. The van der Waals surface area contributed by atoms with Gasteiger partial charge in [0.15, 0.2) is 0 Å². The van der Waals surface area contributed by atoms with E-state index in [2.05, 4.69) is 18.1 Å². The second-order valence-corrected chi connectivity index (χ2v) is 4.63. The van der Waals surface area contributed by atoms with Crippen LogP contribution in [0, 0.1) is 0 Å². The summed E-state index contributed by atoms with van der Waals surface area (Å²) in [5.41, 5.74) is 5.79. The Labute approximate surface area is 73.5 Å². The molecule has 0 aromatic rings. The van der Waals surface area contributed by atoms with Crippen molar-refractivity contribution in [3.63, 3.8) is 0 Å². The van der Waals surface area contributed by atoms with Crippen LogP contribution < -0.4 is 5.73 Å². The Morgan fingerprint density at radius 2 is 2.45 bits per heavy atom. The van der Waals surface area contributed by atoms with Crippen LogP contribution in [0.2, 0.25) is 0 Å². The van der Waals surface area contributed by atoms with Gasteiger partial charge in [0, 0.05) is 24.4 Å². The molecule has 0 aliphatic carbocycles. The molecule has 1 saturated heterocycles. The van der Waals surface area contributed by atoms with Crippen molar-refractivity contribution in [1.29, 1.82) is 0 Å². The Hall–Kier alpha value is 0.270. The monoisotopic (exact) mass is 174 g/mol. The fraction of sp³-hybridized carbons (Fsp3) is 1.00. The quantitative estimate of drug-likeness (QED) is 0.685. The molecule has 66 valence electrons. The van der Waals surface area contributed by atoms with Gasteiger partial charge in [-0.05, 0) is 19.2 Å². The molecule has 3 heteroatoms. The molecule has 2 nitrogen and oxygen atoms in total. The lowest BCUT2D eigenvalue weighted by atomic mass is 10.3. The van der Waals surface area contributed by atoms with Crippen LogP contribution in [0.3, 0.4) is 0 Å². The van der Waals surface area contributed by atoms with Crippen LogP contribution in [0.4, 0.5) is 0 Å². The molecule has 0 aromatic heterocycles. The average Bonchev–Trinajstić information content (AvgIpc) is 2.35. The minimum atomic E-state index is 0.434. The van der Waals surface area contributed by atoms with Gasteiger partial charge in [0.25, 0.3) is 0 Å². The largest absolute Gasteiger partial charge is 0.326 e. The molecular weight excluding hydrogens is 156 g/mol. The molecule has 0 bridgehead atoms. The zero-order chi connectivity index (χ0) is 8.27. The maximum atomic E-state index is 5.79. The molecule has 2 N–H and O–H groups in total. The zero-order valence-corrected chi connectivity index (χ0v) is 8.23. The first-order valence-corrected chi connectivity index (χ1v) is 5.52. The van der Waals surface area contributed by atoms with Crippen molar-refractivity contribution in [2.45, 2.75) is 24.6 Å². The summed E-state index contributed by atoms with van der Waals surface area (Å²) in [5.74, 6) is 0. The van der Waals surface area contributed by atoms with Gasteiger partial charge in [-0.25, -0.2) is 0 Å². The fourth-order valence-corrected chi connectivity index (χ4v) is 1.83. The molecule has 1 rings (SSSR count). The average molecular weight is 174 g/mol. The summed E-state index contributed by atoms with van der Waals surface area (Å²) in [5, 5.41) is 0.750. The summed E-state index contributed by atoms with van der Waals surface area (Å²) in [6.07, 6.45) is 3.35. The standard InChI is InChI=1S/C8H18N2S/c1-7(11-2)5-10-4-3-8(9)6-10/h7-8H,3-6,9H2,1-2H3. The van der Waals surface area contributed by atoms with Gasteiger partial charge >= 0.3 is 0 Å². The molecule has 2 atom stereocenters. The van der Waals surface area contributed by atoms with Gasteiger partial charge in [0.2, 0.25) is 0 Å². The molecule has 1 fully saturated rings. The van der Waals surface area contributed by atoms with Crippen LogP contribution in [-0.4, -0.2) is 42.1 Å². The second kappa shape index (κ2) is 4.33. The molecule has 0 aromatic carbocycles. The van der Waals surface area contributed by atoms with Gasteiger partial charge in [-0.15, -0.1) is 0 Å². The van der Waals surface area contributed by atoms with E-state index < -0.39 is 0 Å². The first kappa shape index (κ1) is 9.36. The van der Waals surface area contributed by atoms with E-state index in [9.17, 15) is 0 Å². The molecule has 0 amide bonds. The predicted octanol–water partition coefficient (Wildman–Crippen LogP) is 0.771. The molecular formula is C8H18N2S. The number of nitrogens with two attached hydrogens (primary N) is 1. The first-order chi connectivity index (χ1) is 5.22. The van der Waals surface area contributed by atoms with E-state index in [-0.39, 0.29) is 0 Å². The Bertz CT molecular complexity index is 119.